The zero-order valence-corrected chi connectivity index (χ0v) is 11.9. The standard InChI is InChI=1S/C19H16NO/c1-20-18(16-8-4-2-5-9-16)12-15(14-21)13-19(20)17-10-6-3-7-11-17/h2-14H,1H3/q+1. The number of aromatic nitrogens is 1. The van der Waals surface area contributed by atoms with Gasteiger partial charge in [-0.05, 0) is 24.3 Å². The van der Waals surface area contributed by atoms with Crippen molar-refractivity contribution in [3.05, 3.63) is 78.4 Å². The summed E-state index contributed by atoms with van der Waals surface area (Å²) >= 11 is 0. The molecule has 0 fully saturated rings. The molecule has 2 nitrogen and oxygen atoms in total. The Balaban J connectivity index is 2.25. The van der Waals surface area contributed by atoms with E-state index in [1.54, 1.807) is 0 Å². The highest BCUT2D eigenvalue weighted by molar-refractivity contribution is 5.79. The number of rotatable bonds is 3. The molecule has 3 aromatic rings. The van der Waals surface area contributed by atoms with Gasteiger partial charge in [-0.3, -0.25) is 4.79 Å². The summed E-state index contributed by atoms with van der Waals surface area (Å²) in [6, 6.07) is 24.1. The lowest BCUT2D eigenvalue weighted by molar-refractivity contribution is -0.649. The van der Waals surface area contributed by atoms with Crippen molar-refractivity contribution in [2.75, 3.05) is 0 Å². The molecule has 0 bridgehead atoms. The Bertz CT molecular complexity index is 704. The molecule has 0 atom stereocenters. The predicted molar refractivity (Wildman–Crippen MR) is 83.9 cm³/mol. The van der Waals surface area contributed by atoms with E-state index in [1.807, 2.05) is 55.6 Å². The summed E-state index contributed by atoms with van der Waals surface area (Å²) in [6.07, 6.45) is 0.902. The van der Waals surface area contributed by atoms with Gasteiger partial charge in [0.1, 0.15) is 7.05 Å². The highest BCUT2D eigenvalue weighted by Crippen LogP contribution is 2.22. The molecule has 0 saturated heterocycles. The third kappa shape index (κ3) is 2.61. The van der Waals surface area contributed by atoms with E-state index in [9.17, 15) is 4.79 Å². The van der Waals surface area contributed by atoms with E-state index in [2.05, 4.69) is 28.8 Å². The Morgan fingerprint density at radius 1 is 0.762 bits per heavy atom. The molecule has 1 aromatic heterocycles. The van der Waals surface area contributed by atoms with Gasteiger partial charge in [0.05, 0.1) is 0 Å². The summed E-state index contributed by atoms with van der Waals surface area (Å²) in [4.78, 5) is 11.3. The minimum absolute atomic E-state index is 0.686. The maximum Gasteiger partial charge on any atom is 0.213 e. The van der Waals surface area contributed by atoms with Crippen molar-refractivity contribution in [3.63, 3.8) is 0 Å². The lowest BCUT2D eigenvalue weighted by Gasteiger charge is -2.07. The average Bonchev–Trinajstić information content (AvgIpc) is 2.57. The van der Waals surface area contributed by atoms with Gasteiger partial charge in [-0.1, -0.05) is 36.4 Å². The van der Waals surface area contributed by atoms with Gasteiger partial charge in [0.25, 0.3) is 0 Å². The van der Waals surface area contributed by atoms with Crippen LogP contribution >= 0.6 is 0 Å². The van der Waals surface area contributed by atoms with Crippen molar-refractivity contribution in [1.82, 2.24) is 0 Å². The predicted octanol–water partition coefficient (Wildman–Crippen LogP) is 3.66. The second-order valence-corrected chi connectivity index (χ2v) is 4.97. The first-order chi connectivity index (χ1) is 10.3. The molecule has 102 valence electrons. The largest absolute Gasteiger partial charge is 0.298 e. The lowest BCUT2D eigenvalue weighted by Crippen LogP contribution is -2.34. The highest BCUT2D eigenvalue weighted by Gasteiger charge is 2.18. The molecule has 2 heteroatoms. The maximum absolute atomic E-state index is 11.3. The number of carbonyl (C=O) groups excluding carboxylic acids is 1. The minimum atomic E-state index is 0.686. The first kappa shape index (κ1) is 13.3. The second kappa shape index (κ2) is 5.71. The first-order valence-corrected chi connectivity index (χ1v) is 6.89. The van der Waals surface area contributed by atoms with Crippen molar-refractivity contribution in [1.29, 1.82) is 0 Å². The number of benzene rings is 2. The van der Waals surface area contributed by atoms with E-state index >= 15 is 0 Å². The van der Waals surface area contributed by atoms with E-state index in [-0.39, 0.29) is 0 Å². The molecular weight excluding hydrogens is 258 g/mol. The average molecular weight is 274 g/mol. The number of hydrogen-bond acceptors (Lipinski definition) is 1. The molecule has 2 aromatic carbocycles. The van der Waals surface area contributed by atoms with Gasteiger partial charge >= 0.3 is 0 Å². The molecule has 1 heterocycles. The molecule has 3 rings (SSSR count). The monoisotopic (exact) mass is 274 g/mol. The van der Waals surface area contributed by atoms with Gasteiger partial charge in [0.2, 0.25) is 11.4 Å². The molecule has 0 saturated carbocycles. The Hall–Kier alpha value is -2.74. The summed E-state index contributed by atoms with van der Waals surface area (Å²) < 4.78 is 2.12. The van der Waals surface area contributed by atoms with Crippen molar-refractivity contribution in [2.45, 2.75) is 0 Å². The van der Waals surface area contributed by atoms with Gasteiger partial charge in [-0.15, -0.1) is 0 Å². The SMILES string of the molecule is C[n+]1c(-c2ccccc2)cc(C=O)cc1-c1ccccc1. The van der Waals surface area contributed by atoms with E-state index in [1.165, 1.54) is 0 Å². The Labute approximate surface area is 124 Å². The summed E-state index contributed by atoms with van der Waals surface area (Å²) in [5.74, 6) is 0. The molecule has 0 amide bonds. The van der Waals surface area contributed by atoms with Crippen LogP contribution in [0.5, 0.6) is 0 Å². The van der Waals surface area contributed by atoms with Crippen LogP contribution in [-0.2, 0) is 7.05 Å². The minimum Gasteiger partial charge on any atom is -0.298 e. The van der Waals surface area contributed by atoms with E-state index in [0.717, 1.165) is 28.8 Å². The van der Waals surface area contributed by atoms with Crippen LogP contribution < -0.4 is 4.57 Å². The topological polar surface area (TPSA) is 20.9 Å². The van der Waals surface area contributed by atoms with E-state index in [0.29, 0.717) is 5.56 Å². The summed E-state index contributed by atoms with van der Waals surface area (Å²) in [6.45, 7) is 0. The van der Waals surface area contributed by atoms with Crippen molar-refractivity contribution in [3.8, 4) is 22.5 Å². The molecular formula is C19H16NO+. The fourth-order valence-corrected chi connectivity index (χ4v) is 2.52. The summed E-state index contributed by atoms with van der Waals surface area (Å²) in [5, 5.41) is 0. The van der Waals surface area contributed by atoms with Gasteiger partial charge in [0, 0.05) is 28.8 Å². The summed E-state index contributed by atoms with van der Waals surface area (Å²) in [7, 11) is 2.03. The Kier molecular flexibility index (Phi) is 3.61. The van der Waals surface area contributed by atoms with Gasteiger partial charge < -0.3 is 0 Å². The van der Waals surface area contributed by atoms with Crippen LogP contribution in [-0.4, -0.2) is 6.29 Å². The summed E-state index contributed by atoms with van der Waals surface area (Å²) in [5.41, 5.74) is 4.94. The Morgan fingerprint density at radius 3 is 1.57 bits per heavy atom. The molecule has 0 aliphatic heterocycles. The Morgan fingerprint density at radius 2 is 1.19 bits per heavy atom. The lowest BCUT2D eigenvalue weighted by atomic mass is 10.0. The van der Waals surface area contributed by atoms with E-state index < -0.39 is 0 Å². The second-order valence-electron chi connectivity index (χ2n) is 4.97. The normalized spacial score (nSPS) is 10.3. The molecule has 21 heavy (non-hydrogen) atoms. The third-order valence-electron chi connectivity index (χ3n) is 3.60. The quantitative estimate of drug-likeness (QED) is 0.527. The molecule has 0 aliphatic carbocycles. The highest BCUT2D eigenvalue weighted by atomic mass is 16.1. The van der Waals surface area contributed by atoms with Crippen LogP contribution in [0, 0.1) is 0 Å². The van der Waals surface area contributed by atoms with Crippen LogP contribution in [0.3, 0.4) is 0 Å². The van der Waals surface area contributed by atoms with Crippen molar-refractivity contribution in [2.24, 2.45) is 7.05 Å². The maximum atomic E-state index is 11.3. The van der Waals surface area contributed by atoms with Gasteiger partial charge in [-0.2, -0.15) is 4.57 Å². The molecule has 0 aliphatic rings. The van der Waals surface area contributed by atoms with Crippen molar-refractivity contribution < 1.29 is 9.36 Å². The van der Waals surface area contributed by atoms with Gasteiger partial charge in [-0.25, -0.2) is 0 Å². The molecule has 0 unspecified atom stereocenters. The van der Waals surface area contributed by atoms with Crippen LogP contribution in [0.4, 0.5) is 0 Å². The smallest absolute Gasteiger partial charge is 0.213 e. The van der Waals surface area contributed by atoms with Crippen LogP contribution in [0.15, 0.2) is 72.8 Å². The zero-order valence-electron chi connectivity index (χ0n) is 11.9. The molecule has 0 N–H and O–H groups in total. The number of aldehydes is 1. The van der Waals surface area contributed by atoms with Gasteiger partial charge in [0.15, 0.2) is 6.29 Å². The van der Waals surface area contributed by atoms with E-state index in [4.69, 9.17) is 0 Å². The zero-order chi connectivity index (χ0) is 14.7. The van der Waals surface area contributed by atoms with Crippen LogP contribution in [0.2, 0.25) is 0 Å². The molecule has 0 radical (unpaired) electrons. The first-order valence-electron chi connectivity index (χ1n) is 6.89. The fourth-order valence-electron chi connectivity index (χ4n) is 2.52. The third-order valence-corrected chi connectivity index (χ3v) is 3.60. The number of carbonyl (C=O) groups is 1. The fraction of sp³-hybridized carbons (Fsp3) is 0.0526. The van der Waals surface area contributed by atoms with Crippen LogP contribution in [0.25, 0.3) is 22.5 Å². The van der Waals surface area contributed by atoms with Crippen molar-refractivity contribution >= 4 is 6.29 Å². The molecule has 0 spiro atoms. The number of nitrogens with zero attached hydrogens (tertiary/aromatic N) is 1. The van der Waals surface area contributed by atoms with Crippen LogP contribution in [0.1, 0.15) is 10.4 Å². The number of pyridine rings is 1. The number of hydrogen-bond donors (Lipinski definition) is 0.